The number of rotatable bonds is 5. The second-order valence-corrected chi connectivity index (χ2v) is 11.2. The zero-order valence-corrected chi connectivity index (χ0v) is 21.6. The Hall–Kier alpha value is -4.09. The number of alkyl halides is 2. The van der Waals surface area contributed by atoms with Crippen molar-refractivity contribution in [1.82, 2.24) is 35.0 Å². The number of nitrogens with one attached hydrogen (secondary N) is 2. The van der Waals surface area contributed by atoms with Crippen molar-refractivity contribution >= 4 is 33.3 Å². The highest BCUT2D eigenvalue weighted by atomic mass is 32.1. The van der Waals surface area contributed by atoms with Gasteiger partial charge in [-0.25, -0.2) is 18.2 Å². The van der Waals surface area contributed by atoms with Crippen LogP contribution < -0.4 is 0 Å². The van der Waals surface area contributed by atoms with Gasteiger partial charge >= 0.3 is 0 Å². The summed E-state index contributed by atoms with van der Waals surface area (Å²) < 4.78 is 42.5. The van der Waals surface area contributed by atoms with Crippen molar-refractivity contribution in [1.29, 1.82) is 0 Å². The van der Waals surface area contributed by atoms with E-state index in [1.54, 1.807) is 34.8 Å². The molecular weight excluding hydrogens is 523 g/mol. The summed E-state index contributed by atoms with van der Waals surface area (Å²) in [5.74, 6) is -2.62. The predicted octanol–water partition coefficient (Wildman–Crippen LogP) is 6.58. The highest BCUT2D eigenvalue weighted by Crippen LogP contribution is 2.35. The molecule has 0 unspecified atom stereocenters. The van der Waals surface area contributed by atoms with Crippen LogP contribution in [0, 0.1) is 12.7 Å². The molecule has 6 aromatic rings. The first-order valence-corrected chi connectivity index (χ1v) is 13.3. The van der Waals surface area contributed by atoms with Crippen LogP contribution in [0.3, 0.4) is 0 Å². The lowest BCUT2D eigenvalue weighted by atomic mass is 10.0. The molecule has 0 atom stereocenters. The smallest absolute Gasteiger partial charge is 0.261 e. The molecule has 7 nitrogen and oxygen atoms in total. The van der Waals surface area contributed by atoms with Crippen LogP contribution in [0.1, 0.15) is 16.9 Å². The van der Waals surface area contributed by atoms with Crippen LogP contribution >= 0.6 is 11.3 Å². The molecule has 11 heteroatoms. The molecule has 5 aromatic heterocycles. The van der Waals surface area contributed by atoms with Crippen molar-refractivity contribution in [3.05, 3.63) is 71.2 Å². The fraction of sp³-hybridized carbons (Fsp3) is 0.214. The number of H-pyrrole nitrogens is 2. The van der Waals surface area contributed by atoms with Crippen LogP contribution in [0.5, 0.6) is 0 Å². The number of likely N-dealkylation sites (tertiary alicyclic amines) is 1. The highest BCUT2D eigenvalue weighted by molar-refractivity contribution is 7.15. The van der Waals surface area contributed by atoms with E-state index in [0.717, 1.165) is 27.2 Å². The number of imidazole rings is 1. The van der Waals surface area contributed by atoms with Crippen molar-refractivity contribution in [3.63, 3.8) is 0 Å². The van der Waals surface area contributed by atoms with E-state index in [1.165, 1.54) is 10.9 Å². The largest absolute Gasteiger partial charge is 0.337 e. The standard InChI is InChI=1S/C28H22F3N7S/c1-15-2-3-22(39-15)26-25-21(4-6-33-26)34-27(35-25)24-19-9-17(10-20(29)23(19)36-37-24)18-8-16(11-32-12-18)13-38-7-5-28(30,31)14-38/h2-4,6,8-12H,5,7,13-14H2,1H3,(H,34,35)(H,36,37). The molecule has 1 aliphatic rings. The molecule has 196 valence electrons. The van der Waals surface area contributed by atoms with Crippen LogP contribution in [0.4, 0.5) is 13.2 Å². The molecule has 0 aliphatic carbocycles. The quantitative estimate of drug-likeness (QED) is 0.256. The fourth-order valence-electron chi connectivity index (χ4n) is 5.15. The summed E-state index contributed by atoms with van der Waals surface area (Å²) in [6, 6.07) is 11.1. The van der Waals surface area contributed by atoms with Gasteiger partial charge in [0.2, 0.25) is 0 Å². The number of hydrogen-bond donors (Lipinski definition) is 2. The number of aromatic amines is 2. The molecule has 1 aromatic carbocycles. The normalized spacial score (nSPS) is 15.6. The zero-order chi connectivity index (χ0) is 26.7. The molecule has 39 heavy (non-hydrogen) atoms. The summed E-state index contributed by atoms with van der Waals surface area (Å²) in [6.45, 7) is 2.47. The molecule has 2 N–H and O–H groups in total. The topological polar surface area (TPSA) is 86.4 Å². The van der Waals surface area contributed by atoms with Gasteiger partial charge in [-0.1, -0.05) is 0 Å². The summed E-state index contributed by atoms with van der Waals surface area (Å²) >= 11 is 1.65. The molecule has 0 amide bonds. The molecule has 7 rings (SSSR count). The Morgan fingerprint density at radius 3 is 2.77 bits per heavy atom. The van der Waals surface area contributed by atoms with Gasteiger partial charge in [-0.15, -0.1) is 11.3 Å². The van der Waals surface area contributed by atoms with E-state index < -0.39 is 11.7 Å². The van der Waals surface area contributed by atoms with Crippen LogP contribution in [-0.4, -0.2) is 54.0 Å². The third kappa shape index (κ3) is 4.37. The lowest BCUT2D eigenvalue weighted by molar-refractivity contribution is 0.0115. The van der Waals surface area contributed by atoms with Crippen molar-refractivity contribution < 1.29 is 13.2 Å². The average Bonchev–Trinajstić information content (AvgIpc) is 3.69. The second-order valence-electron chi connectivity index (χ2n) is 9.90. The lowest BCUT2D eigenvalue weighted by Gasteiger charge is -2.15. The molecule has 6 heterocycles. The average molecular weight is 546 g/mol. The monoisotopic (exact) mass is 545 g/mol. The summed E-state index contributed by atoms with van der Waals surface area (Å²) in [6.07, 6.45) is 4.90. The van der Waals surface area contributed by atoms with Gasteiger partial charge in [0, 0.05) is 53.9 Å². The Kier molecular flexibility index (Phi) is 5.53. The van der Waals surface area contributed by atoms with Crippen LogP contribution in [0.2, 0.25) is 0 Å². The first-order chi connectivity index (χ1) is 18.8. The van der Waals surface area contributed by atoms with Crippen molar-refractivity contribution in [2.45, 2.75) is 25.8 Å². The molecule has 0 saturated carbocycles. The SMILES string of the molecule is Cc1ccc(-c2nccc3[nH]c(-c4[nH]nc5c(F)cc(-c6cncc(CN7CCC(F)(F)C7)c6)cc45)nc23)s1. The number of benzene rings is 1. The summed E-state index contributed by atoms with van der Waals surface area (Å²) in [4.78, 5) is 20.9. The highest BCUT2D eigenvalue weighted by Gasteiger charge is 2.37. The summed E-state index contributed by atoms with van der Waals surface area (Å²) in [7, 11) is 0. The summed E-state index contributed by atoms with van der Waals surface area (Å²) in [5, 5.41) is 7.73. The first-order valence-electron chi connectivity index (χ1n) is 12.5. The number of aromatic nitrogens is 6. The van der Waals surface area contributed by atoms with Gasteiger partial charge in [-0.3, -0.25) is 20.0 Å². The Morgan fingerprint density at radius 2 is 1.97 bits per heavy atom. The molecular formula is C28H22F3N7S. The van der Waals surface area contributed by atoms with Gasteiger partial charge in [0.05, 0.1) is 16.9 Å². The fourth-order valence-corrected chi connectivity index (χ4v) is 6.02. The summed E-state index contributed by atoms with van der Waals surface area (Å²) in [5.41, 5.74) is 5.15. The van der Waals surface area contributed by atoms with E-state index >= 15 is 4.39 Å². The van der Waals surface area contributed by atoms with Gasteiger partial charge in [-0.2, -0.15) is 5.10 Å². The molecule has 0 radical (unpaired) electrons. The van der Waals surface area contributed by atoms with Crippen LogP contribution in [0.15, 0.2) is 55.0 Å². The van der Waals surface area contributed by atoms with Crippen molar-refractivity contribution in [2.24, 2.45) is 0 Å². The van der Waals surface area contributed by atoms with Crippen molar-refractivity contribution in [3.8, 4) is 33.2 Å². The third-order valence-corrected chi connectivity index (χ3v) is 8.01. The van der Waals surface area contributed by atoms with Gasteiger partial charge in [0.15, 0.2) is 11.6 Å². The molecule has 1 aliphatic heterocycles. The number of aryl methyl sites for hydroxylation is 1. The van der Waals surface area contributed by atoms with E-state index in [0.29, 0.717) is 41.1 Å². The number of nitrogens with zero attached hydrogens (tertiary/aromatic N) is 5. The second kappa shape index (κ2) is 8.99. The van der Waals surface area contributed by atoms with Crippen LogP contribution in [-0.2, 0) is 6.54 Å². The maximum absolute atomic E-state index is 15.2. The molecule has 1 fully saturated rings. The molecule has 0 bridgehead atoms. The minimum atomic E-state index is -2.66. The van der Waals surface area contributed by atoms with E-state index in [2.05, 4.69) is 25.1 Å². The third-order valence-electron chi connectivity index (χ3n) is 7.01. The Labute approximate surface area is 224 Å². The van der Waals surface area contributed by atoms with Gasteiger partial charge < -0.3 is 4.98 Å². The first kappa shape index (κ1) is 24.0. The predicted molar refractivity (Wildman–Crippen MR) is 145 cm³/mol. The minimum Gasteiger partial charge on any atom is -0.337 e. The van der Waals surface area contributed by atoms with Gasteiger partial charge in [0.1, 0.15) is 22.4 Å². The molecule has 1 saturated heterocycles. The maximum atomic E-state index is 15.2. The van der Waals surface area contributed by atoms with Crippen molar-refractivity contribution in [2.75, 3.05) is 13.1 Å². The van der Waals surface area contributed by atoms with E-state index in [1.807, 2.05) is 37.3 Å². The number of hydrogen-bond acceptors (Lipinski definition) is 6. The Bertz CT molecular complexity index is 1850. The van der Waals surface area contributed by atoms with Gasteiger partial charge in [0.25, 0.3) is 5.92 Å². The van der Waals surface area contributed by atoms with E-state index in [4.69, 9.17) is 4.98 Å². The number of pyridine rings is 2. The van der Waals surface area contributed by atoms with E-state index in [9.17, 15) is 8.78 Å². The number of halogens is 3. The molecule has 0 spiro atoms. The Balaban J connectivity index is 1.27. The van der Waals surface area contributed by atoms with Gasteiger partial charge in [-0.05, 0) is 54.4 Å². The van der Waals surface area contributed by atoms with Crippen LogP contribution in [0.25, 0.3) is 55.2 Å². The Morgan fingerprint density at radius 1 is 1.08 bits per heavy atom. The maximum Gasteiger partial charge on any atom is 0.261 e. The number of thiophene rings is 1. The number of fused-ring (bicyclic) bond motifs is 2. The zero-order valence-electron chi connectivity index (χ0n) is 20.8. The van der Waals surface area contributed by atoms with E-state index in [-0.39, 0.29) is 18.5 Å². The lowest BCUT2D eigenvalue weighted by Crippen LogP contribution is -2.24. The minimum absolute atomic E-state index is 0.141.